The van der Waals surface area contributed by atoms with E-state index in [4.69, 9.17) is 4.65 Å². The number of nitrogens with zero attached hydrogens (tertiary/aromatic N) is 1. The van der Waals surface area contributed by atoms with Gasteiger partial charge in [0.1, 0.15) is 11.4 Å². The van der Waals surface area contributed by atoms with Crippen molar-refractivity contribution in [3.63, 3.8) is 0 Å². The number of hydrogen-bond donors (Lipinski definition) is 3. The van der Waals surface area contributed by atoms with E-state index in [1.807, 2.05) is 12.3 Å². The summed E-state index contributed by atoms with van der Waals surface area (Å²) in [6.45, 7) is 0. The molecule has 108 valence electrons. The molecule has 2 aromatic rings. The molecular weight excluding hydrogens is 267 g/mol. The predicted octanol–water partition coefficient (Wildman–Crippen LogP) is 1.91. The lowest BCUT2D eigenvalue weighted by Crippen LogP contribution is -2.27. The van der Waals surface area contributed by atoms with Crippen molar-refractivity contribution in [2.45, 2.75) is 31.8 Å². The first-order valence-electron chi connectivity index (χ1n) is 7.43. The molecule has 0 aromatic carbocycles. The summed E-state index contributed by atoms with van der Waals surface area (Å²) in [5, 5.41) is 20.7. The molecule has 2 aromatic heterocycles. The van der Waals surface area contributed by atoms with Crippen LogP contribution in [-0.2, 0) is 0 Å². The van der Waals surface area contributed by atoms with Gasteiger partial charge in [0.15, 0.2) is 0 Å². The second-order valence-corrected chi connectivity index (χ2v) is 5.87. The number of pyridine rings is 1. The lowest BCUT2D eigenvalue weighted by molar-refractivity contribution is 0.119. The SMILES string of the molecule is OB1C=C([C@H]2CC[C@@H](O)CC2)c2c(cnc3[nH]ccc23)O1. The Morgan fingerprint density at radius 2 is 2.10 bits per heavy atom. The molecule has 0 unspecified atom stereocenters. The van der Waals surface area contributed by atoms with E-state index in [2.05, 4.69) is 9.97 Å². The Morgan fingerprint density at radius 1 is 1.29 bits per heavy atom. The third kappa shape index (κ3) is 2.15. The smallest absolute Gasteiger partial charge is 0.531 e. The highest BCUT2D eigenvalue weighted by Gasteiger charge is 2.32. The molecule has 0 spiro atoms. The average molecular weight is 284 g/mol. The fourth-order valence-electron chi connectivity index (χ4n) is 3.50. The van der Waals surface area contributed by atoms with E-state index in [0.717, 1.165) is 47.9 Å². The Balaban J connectivity index is 1.82. The van der Waals surface area contributed by atoms with Crippen molar-refractivity contribution in [3.05, 3.63) is 30.0 Å². The molecule has 0 radical (unpaired) electrons. The molecule has 4 rings (SSSR count). The Kier molecular flexibility index (Phi) is 3.01. The summed E-state index contributed by atoms with van der Waals surface area (Å²) >= 11 is 0. The molecule has 0 atom stereocenters. The van der Waals surface area contributed by atoms with Crippen LogP contribution >= 0.6 is 0 Å². The van der Waals surface area contributed by atoms with Crippen LogP contribution in [0.2, 0.25) is 0 Å². The van der Waals surface area contributed by atoms with Crippen molar-refractivity contribution in [1.82, 2.24) is 9.97 Å². The monoisotopic (exact) mass is 284 g/mol. The van der Waals surface area contributed by atoms with Crippen LogP contribution in [-0.4, -0.2) is 33.3 Å². The molecule has 0 amide bonds. The fourth-order valence-corrected chi connectivity index (χ4v) is 3.50. The molecule has 3 heterocycles. The average Bonchev–Trinajstić information content (AvgIpc) is 2.95. The van der Waals surface area contributed by atoms with Crippen LogP contribution in [0.5, 0.6) is 5.75 Å². The van der Waals surface area contributed by atoms with E-state index in [9.17, 15) is 10.1 Å². The lowest BCUT2D eigenvalue weighted by atomic mass is 9.72. The molecule has 1 aliphatic carbocycles. The largest absolute Gasteiger partial charge is 0.552 e. The maximum atomic E-state index is 9.95. The van der Waals surface area contributed by atoms with Crippen LogP contribution in [0.4, 0.5) is 0 Å². The topological polar surface area (TPSA) is 78.4 Å². The van der Waals surface area contributed by atoms with Gasteiger partial charge in [-0.05, 0) is 49.2 Å². The standard InChI is InChI=1S/C15H17BN2O3/c19-10-3-1-9(2-4-10)12-7-16(20)21-13-8-18-15-11(14(12)13)5-6-17-15/h5-10,19-20H,1-4H2,(H,17,18)/t9-,10+. The molecule has 1 saturated carbocycles. The van der Waals surface area contributed by atoms with E-state index < -0.39 is 7.12 Å². The zero-order valence-corrected chi connectivity index (χ0v) is 11.6. The zero-order valence-electron chi connectivity index (χ0n) is 11.6. The highest BCUT2D eigenvalue weighted by molar-refractivity contribution is 6.52. The van der Waals surface area contributed by atoms with Gasteiger partial charge in [-0.15, -0.1) is 0 Å². The quantitative estimate of drug-likeness (QED) is 0.699. The molecule has 3 N–H and O–H groups in total. The number of aliphatic hydroxyl groups is 1. The second-order valence-electron chi connectivity index (χ2n) is 5.87. The summed E-state index contributed by atoms with van der Waals surface area (Å²) in [5.41, 5.74) is 2.99. The van der Waals surface area contributed by atoms with Gasteiger partial charge in [0.25, 0.3) is 0 Å². The summed E-state index contributed by atoms with van der Waals surface area (Å²) in [6, 6.07) is 1.99. The number of aliphatic hydroxyl groups excluding tert-OH is 1. The summed E-state index contributed by atoms with van der Waals surface area (Å²) in [7, 11) is -0.919. The zero-order chi connectivity index (χ0) is 14.4. The number of allylic oxidation sites excluding steroid dienone is 1. The van der Waals surface area contributed by atoms with Gasteiger partial charge >= 0.3 is 7.12 Å². The van der Waals surface area contributed by atoms with E-state index in [-0.39, 0.29) is 6.10 Å². The Labute approximate surface area is 122 Å². The second kappa shape index (κ2) is 4.89. The first kappa shape index (κ1) is 12.9. The highest BCUT2D eigenvalue weighted by Crippen LogP contribution is 2.43. The van der Waals surface area contributed by atoms with Gasteiger partial charge < -0.3 is 19.8 Å². The van der Waals surface area contributed by atoms with Crippen LogP contribution in [0.3, 0.4) is 0 Å². The molecule has 5 nitrogen and oxygen atoms in total. The minimum atomic E-state index is -0.919. The van der Waals surface area contributed by atoms with E-state index in [0.29, 0.717) is 11.7 Å². The van der Waals surface area contributed by atoms with Crippen molar-refractivity contribution < 1.29 is 14.8 Å². The van der Waals surface area contributed by atoms with Gasteiger partial charge in [-0.2, -0.15) is 0 Å². The molecule has 0 bridgehead atoms. The van der Waals surface area contributed by atoms with Gasteiger partial charge in [0, 0.05) is 17.1 Å². The number of fused-ring (bicyclic) bond motifs is 3. The minimum Gasteiger partial charge on any atom is -0.531 e. The van der Waals surface area contributed by atoms with Crippen molar-refractivity contribution in [2.24, 2.45) is 5.92 Å². The molecule has 0 saturated heterocycles. The van der Waals surface area contributed by atoms with E-state index in [1.165, 1.54) is 0 Å². The lowest BCUT2D eigenvalue weighted by Gasteiger charge is -2.31. The molecular formula is C15H17BN2O3. The molecule has 1 fully saturated rings. The van der Waals surface area contributed by atoms with Gasteiger partial charge in [0.2, 0.25) is 0 Å². The van der Waals surface area contributed by atoms with Gasteiger partial charge in [-0.1, -0.05) is 0 Å². The summed E-state index contributed by atoms with van der Waals surface area (Å²) in [6.07, 6.45) is 6.86. The van der Waals surface area contributed by atoms with Crippen LogP contribution in [0, 0.1) is 5.92 Å². The highest BCUT2D eigenvalue weighted by atomic mass is 16.5. The summed E-state index contributed by atoms with van der Waals surface area (Å²) in [4.78, 5) is 7.44. The van der Waals surface area contributed by atoms with Crippen LogP contribution in [0.25, 0.3) is 16.6 Å². The maximum absolute atomic E-state index is 9.95. The fraction of sp³-hybridized carbons (Fsp3) is 0.400. The number of H-pyrrole nitrogens is 1. The summed E-state index contributed by atoms with van der Waals surface area (Å²) in [5.74, 6) is 2.79. The first-order chi connectivity index (χ1) is 10.2. The predicted molar refractivity (Wildman–Crippen MR) is 80.6 cm³/mol. The third-order valence-corrected chi connectivity index (χ3v) is 4.55. The van der Waals surface area contributed by atoms with Crippen LogP contribution in [0.15, 0.2) is 24.4 Å². The third-order valence-electron chi connectivity index (χ3n) is 4.55. The normalized spacial score (nSPS) is 25.4. The minimum absolute atomic E-state index is 0.184. The Hall–Kier alpha value is -1.79. The van der Waals surface area contributed by atoms with Crippen LogP contribution < -0.4 is 4.65 Å². The van der Waals surface area contributed by atoms with E-state index >= 15 is 0 Å². The van der Waals surface area contributed by atoms with Gasteiger partial charge in [-0.3, -0.25) is 0 Å². The Bertz CT molecular complexity index is 704. The van der Waals surface area contributed by atoms with Crippen molar-refractivity contribution in [1.29, 1.82) is 0 Å². The summed E-state index contributed by atoms with van der Waals surface area (Å²) < 4.78 is 5.50. The van der Waals surface area contributed by atoms with Crippen molar-refractivity contribution in [2.75, 3.05) is 0 Å². The number of aromatic nitrogens is 2. The molecule has 21 heavy (non-hydrogen) atoms. The number of rotatable bonds is 1. The van der Waals surface area contributed by atoms with E-state index in [1.54, 1.807) is 12.2 Å². The molecule has 1 aliphatic heterocycles. The Morgan fingerprint density at radius 3 is 2.90 bits per heavy atom. The molecule has 2 aliphatic rings. The number of nitrogens with one attached hydrogen (secondary N) is 1. The maximum Gasteiger partial charge on any atom is 0.552 e. The van der Waals surface area contributed by atoms with Crippen LogP contribution in [0.1, 0.15) is 31.2 Å². The number of aromatic amines is 1. The number of hydrogen-bond acceptors (Lipinski definition) is 4. The first-order valence-corrected chi connectivity index (χ1v) is 7.43. The van der Waals surface area contributed by atoms with Crippen molar-refractivity contribution >= 4 is 23.7 Å². The van der Waals surface area contributed by atoms with Crippen molar-refractivity contribution in [3.8, 4) is 5.75 Å². The molecule has 6 heteroatoms. The van der Waals surface area contributed by atoms with Gasteiger partial charge in [-0.25, -0.2) is 4.98 Å². The van der Waals surface area contributed by atoms with Gasteiger partial charge in [0.05, 0.1) is 12.3 Å².